The molecule has 0 atom stereocenters. The second-order valence-electron chi connectivity index (χ2n) is 4.56. The maximum Gasteiger partial charge on any atom is 0.141 e. The molecule has 0 unspecified atom stereocenters. The first kappa shape index (κ1) is 11.3. The number of para-hydroxylation sites is 1. The molecular formula is C14H16N2O2. The van der Waals surface area contributed by atoms with Crippen LogP contribution in [0.5, 0.6) is 5.75 Å². The van der Waals surface area contributed by atoms with Crippen LogP contribution in [-0.4, -0.2) is 36.4 Å². The molecule has 1 aromatic carbocycles. The van der Waals surface area contributed by atoms with Crippen molar-refractivity contribution in [2.75, 3.05) is 31.2 Å². The van der Waals surface area contributed by atoms with Gasteiger partial charge in [0.15, 0.2) is 0 Å². The minimum atomic E-state index is 0.241. The molecule has 2 aromatic rings. The molecule has 94 valence electrons. The minimum absolute atomic E-state index is 0.241. The van der Waals surface area contributed by atoms with Crippen LogP contribution in [0.2, 0.25) is 0 Å². The van der Waals surface area contributed by atoms with Gasteiger partial charge in [-0.2, -0.15) is 0 Å². The van der Waals surface area contributed by atoms with Gasteiger partial charge >= 0.3 is 0 Å². The molecule has 1 aromatic heterocycles. The summed E-state index contributed by atoms with van der Waals surface area (Å²) in [7, 11) is 0. The van der Waals surface area contributed by atoms with Gasteiger partial charge in [-0.15, -0.1) is 0 Å². The second-order valence-corrected chi connectivity index (χ2v) is 4.56. The lowest BCUT2D eigenvalue weighted by Crippen LogP contribution is -2.36. The molecular weight excluding hydrogens is 228 g/mol. The second kappa shape index (κ2) is 4.46. The number of rotatable bonds is 1. The fourth-order valence-electron chi connectivity index (χ4n) is 2.41. The topological polar surface area (TPSA) is 45.6 Å². The van der Waals surface area contributed by atoms with Crippen LogP contribution in [0.4, 0.5) is 5.69 Å². The molecule has 18 heavy (non-hydrogen) atoms. The number of benzene rings is 1. The normalized spacial score (nSPS) is 16.2. The molecule has 1 N–H and O–H groups in total. The first-order valence-corrected chi connectivity index (χ1v) is 6.18. The number of phenols is 1. The highest BCUT2D eigenvalue weighted by Crippen LogP contribution is 2.31. The molecule has 4 nitrogen and oxygen atoms in total. The number of ether oxygens (including phenoxy) is 1. The summed E-state index contributed by atoms with van der Waals surface area (Å²) in [5.74, 6) is 0.241. The molecule has 1 aliphatic heterocycles. The first-order chi connectivity index (χ1) is 8.75. The van der Waals surface area contributed by atoms with Crippen LogP contribution in [0, 0.1) is 6.92 Å². The van der Waals surface area contributed by atoms with Gasteiger partial charge in [-0.3, -0.25) is 0 Å². The van der Waals surface area contributed by atoms with E-state index in [9.17, 15) is 5.11 Å². The number of fused-ring (bicyclic) bond motifs is 1. The Bertz CT molecular complexity index is 577. The van der Waals surface area contributed by atoms with Crippen LogP contribution in [0.1, 0.15) is 5.69 Å². The zero-order valence-corrected chi connectivity index (χ0v) is 10.4. The maximum absolute atomic E-state index is 9.91. The summed E-state index contributed by atoms with van der Waals surface area (Å²) in [6, 6.07) is 7.62. The third kappa shape index (κ3) is 1.88. The average Bonchev–Trinajstić information content (AvgIpc) is 2.40. The van der Waals surface area contributed by atoms with Crippen molar-refractivity contribution >= 4 is 16.6 Å². The van der Waals surface area contributed by atoms with Gasteiger partial charge in [0.25, 0.3) is 0 Å². The number of nitrogens with zero attached hydrogens (tertiary/aromatic N) is 2. The Balaban J connectivity index is 2.18. The fraction of sp³-hybridized carbons (Fsp3) is 0.357. The van der Waals surface area contributed by atoms with E-state index in [1.54, 1.807) is 6.07 Å². The van der Waals surface area contributed by atoms with Crippen molar-refractivity contribution in [1.82, 2.24) is 4.98 Å². The third-order valence-electron chi connectivity index (χ3n) is 3.28. The summed E-state index contributed by atoms with van der Waals surface area (Å²) in [6.45, 7) is 5.22. The van der Waals surface area contributed by atoms with E-state index in [0.29, 0.717) is 5.52 Å². The van der Waals surface area contributed by atoms with Crippen molar-refractivity contribution in [3.8, 4) is 5.75 Å². The van der Waals surface area contributed by atoms with Crippen LogP contribution in [0.3, 0.4) is 0 Å². The van der Waals surface area contributed by atoms with Crippen LogP contribution >= 0.6 is 0 Å². The van der Waals surface area contributed by atoms with Crippen molar-refractivity contribution in [3.63, 3.8) is 0 Å². The predicted molar refractivity (Wildman–Crippen MR) is 71.2 cm³/mol. The number of anilines is 1. The minimum Gasteiger partial charge on any atom is -0.506 e. The van der Waals surface area contributed by atoms with E-state index in [1.807, 2.05) is 19.1 Å². The summed E-state index contributed by atoms with van der Waals surface area (Å²) in [4.78, 5) is 6.71. The molecule has 1 aliphatic rings. The quantitative estimate of drug-likeness (QED) is 0.834. The summed E-state index contributed by atoms with van der Waals surface area (Å²) in [5, 5.41) is 10.9. The zero-order valence-electron chi connectivity index (χ0n) is 10.4. The number of aryl methyl sites for hydroxylation is 1. The lowest BCUT2D eigenvalue weighted by atomic mass is 10.1. The summed E-state index contributed by atoms with van der Waals surface area (Å²) < 4.78 is 5.38. The van der Waals surface area contributed by atoms with Gasteiger partial charge in [0.1, 0.15) is 11.3 Å². The largest absolute Gasteiger partial charge is 0.506 e. The zero-order chi connectivity index (χ0) is 12.5. The number of aromatic hydroxyl groups is 1. The van der Waals surface area contributed by atoms with Crippen molar-refractivity contribution in [1.29, 1.82) is 0 Å². The average molecular weight is 244 g/mol. The fourth-order valence-corrected chi connectivity index (χ4v) is 2.41. The lowest BCUT2D eigenvalue weighted by Gasteiger charge is -2.30. The van der Waals surface area contributed by atoms with Gasteiger partial charge in [-0.1, -0.05) is 12.1 Å². The number of pyridine rings is 1. The molecule has 0 radical (unpaired) electrons. The Morgan fingerprint density at radius 1 is 1.28 bits per heavy atom. The Morgan fingerprint density at radius 3 is 2.83 bits per heavy atom. The van der Waals surface area contributed by atoms with E-state index >= 15 is 0 Å². The Morgan fingerprint density at radius 2 is 2.06 bits per heavy atom. The summed E-state index contributed by atoms with van der Waals surface area (Å²) in [6.07, 6.45) is 0. The summed E-state index contributed by atoms with van der Waals surface area (Å²) >= 11 is 0. The number of phenolic OH excluding ortho intramolecular Hbond substituents is 1. The monoisotopic (exact) mass is 244 g/mol. The Labute approximate surface area is 106 Å². The van der Waals surface area contributed by atoms with Crippen LogP contribution in [-0.2, 0) is 4.74 Å². The number of hydrogen-bond acceptors (Lipinski definition) is 4. The van der Waals surface area contributed by atoms with Gasteiger partial charge in [0, 0.05) is 29.9 Å². The third-order valence-corrected chi connectivity index (χ3v) is 3.28. The lowest BCUT2D eigenvalue weighted by molar-refractivity contribution is 0.123. The SMILES string of the molecule is Cc1cc(N2CCOCC2)c2cccc(O)c2n1. The smallest absolute Gasteiger partial charge is 0.141 e. The van der Waals surface area contributed by atoms with E-state index in [4.69, 9.17) is 4.74 Å². The molecule has 2 heterocycles. The van der Waals surface area contributed by atoms with E-state index in [-0.39, 0.29) is 5.75 Å². The van der Waals surface area contributed by atoms with Crippen molar-refractivity contribution in [2.24, 2.45) is 0 Å². The van der Waals surface area contributed by atoms with Crippen molar-refractivity contribution < 1.29 is 9.84 Å². The van der Waals surface area contributed by atoms with Crippen molar-refractivity contribution in [2.45, 2.75) is 6.92 Å². The predicted octanol–water partition coefficient (Wildman–Crippen LogP) is 2.09. The highest BCUT2D eigenvalue weighted by molar-refractivity contribution is 5.95. The maximum atomic E-state index is 9.91. The highest BCUT2D eigenvalue weighted by atomic mass is 16.5. The van der Waals surface area contributed by atoms with E-state index in [0.717, 1.165) is 43.1 Å². The standard InChI is InChI=1S/C14H16N2O2/c1-10-9-12(16-5-7-18-8-6-16)11-3-2-4-13(17)14(11)15-10/h2-4,9,17H,5-8H2,1H3. The van der Waals surface area contributed by atoms with E-state index < -0.39 is 0 Å². The molecule has 1 saturated heterocycles. The molecule has 0 saturated carbocycles. The van der Waals surface area contributed by atoms with Gasteiger partial charge in [-0.05, 0) is 19.1 Å². The molecule has 0 amide bonds. The van der Waals surface area contributed by atoms with Crippen molar-refractivity contribution in [3.05, 3.63) is 30.0 Å². The Hall–Kier alpha value is -1.81. The highest BCUT2D eigenvalue weighted by Gasteiger charge is 2.16. The molecule has 0 aliphatic carbocycles. The molecule has 1 fully saturated rings. The summed E-state index contributed by atoms with van der Waals surface area (Å²) in [5.41, 5.74) is 2.74. The van der Waals surface area contributed by atoms with E-state index in [2.05, 4.69) is 16.0 Å². The van der Waals surface area contributed by atoms with Gasteiger partial charge in [0.05, 0.1) is 13.2 Å². The van der Waals surface area contributed by atoms with Crippen LogP contribution < -0.4 is 4.90 Å². The number of aromatic nitrogens is 1. The Kier molecular flexibility index (Phi) is 2.80. The molecule has 3 rings (SSSR count). The van der Waals surface area contributed by atoms with E-state index in [1.165, 1.54) is 0 Å². The molecule has 4 heteroatoms. The van der Waals surface area contributed by atoms with Gasteiger partial charge in [0.2, 0.25) is 0 Å². The van der Waals surface area contributed by atoms with Gasteiger partial charge < -0.3 is 14.7 Å². The number of morpholine rings is 1. The van der Waals surface area contributed by atoms with Crippen LogP contribution in [0.25, 0.3) is 10.9 Å². The number of hydrogen-bond donors (Lipinski definition) is 1. The molecule has 0 bridgehead atoms. The van der Waals surface area contributed by atoms with Gasteiger partial charge in [-0.25, -0.2) is 4.98 Å². The van der Waals surface area contributed by atoms with Crippen LogP contribution in [0.15, 0.2) is 24.3 Å². The molecule has 0 spiro atoms. The first-order valence-electron chi connectivity index (χ1n) is 6.18.